The second kappa shape index (κ2) is 6.37. The molecule has 1 fully saturated rings. The minimum Gasteiger partial charge on any atom is -0.379 e. The number of rotatable bonds is 6. The Kier molecular flexibility index (Phi) is 4.10. The fourth-order valence-electron chi connectivity index (χ4n) is 3.25. The normalized spacial score (nSPS) is 21.3. The highest BCUT2D eigenvalue weighted by Crippen LogP contribution is 2.32. The number of fused-ring (bicyclic) bond motifs is 1. The van der Waals surface area contributed by atoms with Gasteiger partial charge < -0.3 is 4.74 Å². The molecular formula is C17H23N5O. The Morgan fingerprint density at radius 2 is 2.22 bits per heavy atom. The zero-order chi connectivity index (χ0) is 15.6. The number of hydrogen-bond donors (Lipinski definition) is 0. The monoisotopic (exact) mass is 313 g/mol. The summed E-state index contributed by atoms with van der Waals surface area (Å²) in [4.78, 5) is 6.67. The number of ether oxygens (including phenoxy) is 1. The van der Waals surface area contributed by atoms with E-state index in [9.17, 15) is 0 Å². The maximum atomic E-state index is 6.00. The molecule has 1 aliphatic heterocycles. The molecule has 122 valence electrons. The molecule has 1 unspecified atom stereocenters. The molecule has 2 aromatic heterocycles. The first kappa shape index (κ1) is 14.8. The molecular weight excluding hydrogens is 290 g/mol. The van der Waals surface area contributed by atoms with Crippen LogP contribution in [0.5, 0.6) is 0 Å². The van der Waals surface area contributed by atoms with E-state index in [0.717, 1.165) is 37.7 Å². The molecule has 2 aromatic rings. The van der Waals surface area contributed by atoms with Crippen molar-refractivity contribution in [2.75, 3.05) is 19.8 Å². The number of aromatic nitrogens is 4. The summed E-state index contributed by atoms with van der Waals surface area (Å²) in [5, 5.41) is 8.64. The second-order valence-corrected chi connectivity index (χ2v) is 6.62. The Morgan fingerprint density at radius 1 is 1.30 bits per heavy atom. The molecule has 0 N–H and O–H groups in total. The average Bonchev–Trinajstić information content (AvgIpc) is 3.32. The number of pyridine rings is 1. The van der Waals surface area contributed by atoms with Crippen LogP contribution in [-0.2, 0) is 24.8 Å². The molecule has 1 aliphatic carbocycles. The standard InChI is InChI=1S/C17H23N5O/c1-21-15-6-8-22(10-14-3-2-7-18-9-14)16(17(15)19-20-21)12-23-11-13-4-5-13/h2-3,7,9,13,16H,4-6,8,10-12H2,1H3. The Bertz CT molecular complexity index is 652. The molecule has 0 radical (unpaired) electrons. The van der Waals surface area contributed by atoms with Crippen LogP contribution in [0.3, 0.4) is 0 Å². The smallest absolute Gasteiger partial charge is 0.105 e. The first-order valence-electron chi connectivity index (χ1n) is 8.40. The summed E-state index contributed by atoms with van der Waals surface area (Å²) in [6.45, 7) is 3.46. The minimum absolute atomic E-state index is 0.186. The van der Waals surface area contributed by atoms with Gasteiger partial charge >= 0.3 is 0 Å². The molecule has 6 heteroatoms. The quantitative estimate of drug-likeness (QED) is 0.813. The Morgan fingerprint density at radius 3 is 3.00 bits per heavy atom. The van der Waals surface area contributed by atoms with Gasteiger partial charge in [-0.2, -0.15) is 0 Å². The number of hydrogen-bond acceptors (Lipinski definition) is 5. The maximum Gasteiger partial charge on any atom is 0.105 e. The molecule has 0 spiro atoms. The lowest BCUT2D eigenvalue weighted by Crippen LogP contribution is -2.38. The molecule has 1 saturated carbocycles. The van der Waals surface area contributed by atoms with Crippen molar-refractivity contribution in [2.45, 2.75) is 31.8 Å². The highest BCUT2D eigenvalue weighted by molar-refractivity contribution is 5.20. The van der Waals surface area contributed by atoms with Gasteiger partial charge in [-0.05, 0) is 30.4 Å². The van der Waals surface area contributed by atoms with Crippen LogP contribution in [0.4, 0.5) is 0 Å². The van der Waals surface area contributed by atoms with Crippen molar-refractivity contribution >= 4 is 0 Å². The van der Waals surface area contributed by atoms with Gasteiger partial charge in [0.15, 0.2) is 0 Å². The maximum absolute atomic E-state index is 6.00. The van der Waals surface area contributed by atoms with Gasteiger partial charge in [-0.25, -0.2) is 0 Å². The van der Waals surface area contributed by atoms with E-state index in [1.165, 1.54) is 24.1 Å². The van der Waals surface area contributed by atoms with E-state index < -0.39 is 0 Å². The molecule has 0 aromatic carbocycles. The van der Waals surface area contributed by atoms with Crippen LogP contribution in [0, 0.1) is 5.92 Å². The van der Waals surface area contributed by atoms with Crippen molar-refractivity contribution in [3.63, 3.8) is 0 Å². The van der Waals surface area contributed by atoms with E-state index in [1.54, 1.807) is 0 Å². The summed E-state index contributed by atoms with van der Waals surface area (Å²) in [7, 11) is 1.98. The molecule has 4 rings (SSSR count). The van der Waals surface area contributed by atoms with Crippen LogP contribution in [-0.4, -0.2) is 44.6 Å². The third kappa shape index (κ3) is 3.28. The topological polar surface area (TPSA) is 56.1 Å². The summed E-state index contributed by atoms with van der Waals surface area (Å²) in [5.41, 5.74) is 3.55. The summed E-state index contributed by atoms with van der Waals surface area (Å²) in [6, 6.07) is 4.30. The summed E-state index contributed by atoms with van der Waals surface area (Å²) < 4.78 is 7.90. The largest absolute Gasteiger partial charge is 0.379 e. The third-order valence-electron chi connectivity index (χ3n) is 4.80. The third-order valence-corrected chi connectivity index (χ3v) is 4.80. The van der Waals surface area contributed by atoms with E-state index >= 15 is 0 Å². The number of aryl methyl sites for hydroxylation is 1. The highest BCUT2D eigenvalue weighted by Gasteiger charge is 2.32. The fourth-order valence-corrected chi connectivity index (χ4v) is 3.25. The van der Waals surface area contributed by atoms with E-state index in [1.807, 2.05) is 30.2 Å². The van der Waals surface area contributed by atoms with Gasteiger partial charge in [0.25, 0.3) is 0 Å². The predicted octanol–water partition coefficient (Wildman–Crippen LogP) is 1.74. The van der Waals surface area contributed by atoms with E-state index in [-0.39, 0.29) is 6.04 Å². The molecule has 23 heavy (non-hydrogen) atoms. The van der Waals surface area contributed by atoms with Crippen molar-refractivity contribution in [1.29, 1.82) is 0 Å². The van der Waals surface area contributed by atoms with E-state index in [4.69, 9.17) is 4.74 Å². The van der Waals surface area contributed by atoms with Gasteiger partial charge in [-0.3, -0.25) is 14.6 Å². The summed E-state index contributed by atoms with van der Waals surface area (Å²) in [5.74, 6) is 0.784. The van der Waals surface area contributed by atoms with Crippen LogP contribution in [0.25, 0.3) is 0 Å². The van der Waals surface area contributed by atoms with Crippen molar-refractivity contribution < 1.29 is 4.74 Å². The Labute approximate surface area is 136 Å². The summed E-state index contributed by atoms with van der Waals surface area (Å²) in [6.07, 6.45) is 7.38. The van der Waals surface area contributed by atoms with Gasteiger partial charge in [-0.1, -0.05) is 11.3 Å². The highest BCUT2D eigenvalue weighted by atomic mass is 16.5. The molecule has 6 nitrogen and oxygen atoms in total. The second-order valence-electron chi connectivity index (χ2n) is 6.62. The summed E-state index contributed by atoms with van der Waals surface area (Å²) >= 11 is 0. The SMILES string of the molecule is Cn1nnc2c1CCN(Cc1cccnc1)C2COCC1CC1. The van der Waals surface area contributed by atoms with Gasteiger partial charge in [0.05, 0.1) is 18.3 Å². The van der Waals surface area contributed by atoms with Gasteiger partial charge in [0, 0.05) is 45.6 Å². The van der Waals surface area contributed by atoms with Crippen molar-refractivity contribution in [1.82, 2.24) is 24.9 Å². The molecule has 1 atom stereocenters. The van der Waals surface area contributed by atoms with Crippen molar-refractivity contribution in [3.05, 3.63) is 41.5 Å². The lowest BCUT2D eigenvalue weighted by molar-refractivity contribution is 0.0425. The van der Waals surface area contributed by atoms with Crippen LogP contribution < -0.4 is 0 Å². The minimum atomic E-state index is 0.186. The fraction of sp³-hybridized carbons (Fsp3) is 0.588. The lowest BCUT2D eigenvalue weighted by atomic mass is 10.0. The van der Waals surface area contributed by atoms with Crippen LogP contribution >= 0.6 is 0 Å². The van der Waals surface area contributed by atoms with Gasteiger partial charge in [-0.15, -0.1) is 5.10 Å². The van der Waals surface area contributed by atoms with Crippen LogP contribution in [0.15, 0.2) is 24.5 Å². The van der Waals surface area contributed by atoms with Crippen molar-refractivity contribution in [3.8, 4) is 0 Å². The lowest BCUT2D eigenvalue weighted by Gasteiger charge is -2.34. The molecule has 0 saturated heterocycles. The first-order chi connectivity index (χ1) is 11.3. The average molecular weight is 313 g/mol. The van der Waals surface area contributed by atoms with Crippen molar-refractivity contribution in [2.24, 2.45) is 13.0 Å². The first-order valence-corrected chi connectivity index (χ1v) is 8.40. The van der Waals surface area contributed by atoms with Crippen LogP contribution in [0.1, 0.15) is 35.8 Å². The van der Waals surface area contributed by atoms with Gasteiger partial charge in [0.2, 0.25) is 0 Å². The van der Waals surface area contributed by atoms with Crippen LogP contribution in [0.2, 0.25) is 0 Å². The molecule has 2 aliphatic rings. The number of nitrogens with zero attached hydrogens (tertiary/aromatic N) is 5. The molecule has 0 amide bonds. The zero-order valence-corrected chi connectivity index (χ0v) is 13.6. The Balaban J connectivity index is 1.51. The van der Waals surface area contributed by atoms with E-state index in [0.29, 0.717) is 6.61 Å². The van der Waals surface area contributed by atoms with E-state index in [2.05, 4.69) is 26.3 Å². The molecule has 0 bridgehead atoms. The Hall–Kier alpha value is -1.79. The predicted molar refractivity (Wildman–Crippen MR) is 85.6 cm³/mol. The molecule has 3 heterocycles. The zero-order valence-electron chi connectivity index (χ0n) is 13.6. The van der Waals surface area contributed by atoms with Gasteiger partial charge in [0.1, 0.15) is 5.69 Å².